The molecule has 1 saturated heterocycles. The first kappa shape index (κ1) is 22.1. The van der Waals surface area contributed by atoms with E-state index in [1.165, 1.54) is 5.56 Å². The molecule has 0 aromatic carbocycles. The Labute approximate surface area is 213 Å². The molecule has 2 fully saturated rings. The van der Waals surface area contributed by atoms with Gasteiger partial charge >= 0.3 is 0 Å². The van der Waals surface area contributed by atoms with Gasteiger partial charge in [0.2, 0.25) is 5.88 Å². The summed E-state index contributed by atoms with van der Waals surface area (Å²) in [7, 11) is 1.64. The fraction of sp³-hybridized carbons (Fsp3) is 0.333. The maximum atomic E-state index is 5.81. The van der Waals surface area contributed by atoms with E-state index in [9.17, 15) is 0 Å². The summed E-state index contributed by atoms with van der Waals surface area (Å²) < 4.78 is 12.8. The van der Waals surface area contributed by atoms with Crippen LogP contribution in [0.5, 0.6) is 11.6 Å². The number of H-pyrrole nitrogens is 1. The summed E-state index contributed by atoms with van der Waals surface area (Å²) >= 11 is 0. The van der Waals surface area contributed by atoms with E-state index >= 15 is 0 Å². The normalized spacial score (nSPS) is 20.5. The molecule has 2 N–H and O–H groups in total. The van der Waals surface area contributed by atoms with Crippen LogP contribution >= 0.6 is 0 Å². The first-order chi connectivity index (χ1) is 18.2. The molecule has 10 heteroatoms. The highest BCUT2D eigenvalue weighted by Gasteiger charge is 2.55. The maximum Gasteiger partial charge on any atom is 0.212 e. The number of piperidine rings is 1. The molecule has 0 bridgehead atoms. The van der Waals surface area contributed by atoms with Crippen LogP contribution in [-0.2, 0) is 6.54 Å². The second-order valence-electron chi connectivity index (χ2n) is 9.70. The number of anilines is 1. The van der Waals surface area contributed by atoms with E-state index in [1.807, 2.05) is 42.3 Å². The van der Waals surface area contributed by atoms with Crippen LogP contribution in [0.4, 0.5) is 5.82 Å². The number of methoxy groups -OCH3 is 1. The van der Waals surface area contributed by atoms with Gasteiger partial charge in [-0.1, -0.05) is 6.07 Å². The molecular formula is C27H28N8O2. The van der Waals surface area contributed by atoms with E-state index in [0.29, 0.717) is 30.4 Å². The number of ether oxygens (including phenoxy) is 2. The lowest BCUT2D eigenvalue weighted by molar-refractivity contribution is 0.338. The van der Waals surface area contributed by atoms with Crippen molar-refractivity contribution in [3.63, 3.8) is 0 Å². The average molecular weight is 497 g/mol. The van der Waals surface area contributed by atoms with Crippen LogP contribution in [0, 0.1) is 11.8 Å². The molecule has 0 spiro atoms. The molecule has 0 radical (unpaired) electrons. The topological polar surface area (TPSA) is 105 Å². The van der Waals surface area contributed by atoms with E-state index in [-0.39, 0.29) is 0 Å². The molecule has 10 nitrogen and oxygen atoms in total. The van der Waals surface area contributed by atoms with Gasteiger partial charge in [0.1, 0.15) is 11.6 Å². The van der Waals surface area contributed by atoms with E-state index in [1.54, 1.807) is 7.11 Å². The van der Waals surface area contributed by atoms with Crippen molar-refractivity contribution >= 4 is 22.4 Å². The number of nitrogens with zero attached hydrogens (tertiary/aromatic N) is 6. The van der Waals surface area contributed by atoms with Crippen molar-refractivity contribution in [3.05, 3.63) is 60.7 Å². The molecule has 2 atom stereocenters. The van der Waals surface area contributed by atoms with E-state index in [0.717, 1.165) is 58.9 Å². The number of aromatic nitrogens is 6. The van der Waals surface area contributed by atoms with Gasteiger partial charge in [0.05, 0.1) is 37.0 Å². The second-order valence-corrected chi connectivity index (χ2v) is 9.70. The van der Waals surface area contributed by atoms with E-state index in [2.05, 4.69) is 54.8 Å². The van der Waals surface area contributed by atoms with Crippen LogP contribution in [-0.4, -0.2) is 62.6 Å². The Kier molecular flexibility index (Phi) is 5.21. The maximum absolute atomic E-state index is 5.81. The lowest BCUT2D eigenvalue weighted by Gasteiger charge is -2.21. The number of fused-ring (bicyclic) bond motifs is 4. The number of rotatable bonds is 8. The van der Waals surface area contributed by atoms with Crippen LogP contribution < -0.4 is 19.7 Å². The first-order valence-corrected chi connectivity index (χ1v) is 12.6. The summed E-state index contributed by atoms with van der Waals surface area (Å²) in [5.74, 6) is 3.77. The highest BCUT2D eigenvalue weighted by atomic mass is 16.5. The van der Waals surface area contributed by atoms with Gasteiger partial charge in [-0.25, -0.2) is 14.5 Å². The van der Waals surface area contributed by atoms with Crippen molar-refractivity contribution in [3.8, 4) is 22.8 Å². The summed E-state index contributed by atoms with van der Waals surface area (Å²) in [6, 6.07) is 10.9. The molecule has 5 aromatic rings. The van der Waals surface area contributed by atoms with Crippen LogP contribution in [0.15, 0.2) is 55.1 Å². The monoisotopic (exact) mass is 496 g/mol. The van der Waals surface area contributed by atoms with Gasteiger partial charge < -0.3 is 19.7 Å². The molecule has 2 aliphatic rings. The molecule has 5 aromatic heterocycles. The SMILES string of the molecule is CCOc1cc(-c2ccc(N3CC4C(C3)C4NCc3ccc(OC)nc3)nc2)c2c3cn[nH]c3nn2c1. The van der Waals surface area contributed by atoms with Crippen molar-refractivity contribution in [2.75, 3.05) is 31.7 Å². The van der Waals surface area contributed by atoms with Gasteiger partial charge in [-0.3, -0.25) is 5.10 Å². The predicted octanol–water partition coefficient (Wildman–Crippen LogP) is 3.30. The Morgan fingerprint density at radius 3 is 2.70 bits per heavy atom. The Hall–Kier alpha value is -4.18. The molecule has 7 rings (SSSR count). The van der Waals surface area contributed by atoms with Crippen molar-refractivity contribution in [2.24, 2.45) is 11.8 Å². The molecule has 1 saturated carbocycles. The van der Waals surface area contributed by atoms with E-state index < -0.39 is 0 Å². The number of aromatic amines is 1. The summed E-state index contributed by atoms with van der Waals surface area (Å²) in [5, 5.41) is 16.4. The Balaban J connectivity index is 1.05. The average Bonchev–Trinajstić information content (AvgIpc) is 3.31. The highest BCUT2D eigenvalue weighted by Crippen LogP contribution is 2.46. The third kappa shape index (κ3) is 3.84. The lowest BCUT2D eigenvalue weighted by Crippen LogP contribution is -2.31. The van der Waals surface area contributed by atoms with Crippen molar-refractivity contribution in [1.82, 2.24) is 35.1 Å². The molecule has 0 amide bonds. The molecule has 37 heavy (non-hydrogen) atoms. The first-order valence-electron chi connectivity index (χ1n) is 12.6. The molecular weight excluding hydrogens is 468 g/mol. The van der Waals surface area contributed by atoms with Gasteiger partial charge in [0.15, 0.2) is 5.65 Å². The Bertz CT molecular complexity index is 1550. The second kappa shape index (κ2) is 8.74. The lowest BCUT2D eigenvalue weighted by atomic mass is 10.1. The zero-order valence-corrected chi connectivity index (χ0v) is 20.8. The smallest absolute Gasteiger partial charge is 0.212 e. The molecule has 6 heterocycles. The van der Waals surface area contributed by atoms with Crippen molar-refractivity contribution < 1.29 is 9.47 Å². The molecule has 1 aliphatic heterocycles. The van der Waals surface area contributed by atoms with Crippen LogP contribution in [0.1, 0.15) is 12.5 Å². The summed E-state index contributed by atoms with van der Waals surface area (Å²) in [6.07, 6.45) is 7.55. The van der Waals surface area contributed by atoms with Crippen LogP contribution in [0.3, 0.4) is 0 Å². The minimum Gasteiger partial charge on any atom is -0.492 e. The molecule has 188 valence electrons. The minimum atomic E-state index is 0.562. The molecule has 1 aliphatic carbocycles. The van der Waals surface area contributed by atoms with Gasteiger partial charge in [0, 0.05) is 55.3 Å². The quantitative estimate of drug-likeness (QED) is 0.337. The highest BCUT2D eigenvalue weighted by molar-refractivity contribution is 6.00. The number of hydrogen-bond acceptors (Lipinski definition) is 8. The minimum absolute atomic E-state index is 0.562. The molecule has 2 unspecified atom stereocenters. The van der Waals surface area contributed by atoms with Crippen LogP contribution in [0.2, 0.25) is 0 Å². The standard InChI is InChI=1S/C27H28N8O2/c1-3-37-18-8-19(26-20-12-31-32-27(20)33-35(26)13-18)17-5-6-23(28-11-17)34-14-21-22(15-34)25(21)30-10-16-4-7-24(36-2)29-9-16/h4-9,11-13,21-22,25,30H,3,10,14-15H2,1-2H3,(H,32,33). The van der Waals surface area contributed by atoms with Crippen molar-refractivity contribution in [2.45, 2.75) is 19.5 Å². The number of nitrogens with one attached hydrogen (secondary N) is 2. The number of pyridine rings is 3. The Morgan fingerprint density at radius 1 is 1.08 bits per heavy atom. The summed E-state index contributed by atoms with van der Waals surface area (Å²) in [5.41, 5.74) is 4.96. The summed E-state index contributed by atoms with van der Waals surface area (Å²) in [6.45, 7) is 5.45. The summed E-state index contributed by atoms with van der Waals surface area (Å²) in [4.78, 5) is 11.5. The Morgan fingerprint density at radius 2 is 1.97 bits per heavy atom. The third-order valence-corrected chi connectivity index (χ3v) is 7.54. The van der Waals surface area contributed by atoms with Gasteiger partial charge in [-0.05, 0) is 42.5 Å². The van der Waals surface area contributed by atoms with Gasteiger partial charge in [0.25, 0.3) is 0 Å². The predicted molar refractivity (Wildman–Crippen MR) is 140 cm³/mol. The van der Waals surface area contributed by atoms with Crippen molar-refractivity contribution in [1.29, 1.82) is 0 Å². The fourth-order valence-corrected chi connectivity index (χ4v) is 5.63. The largest absolute Gasteiger partial charge is 0.492 e. The third-order valence-electron chi connectivity index (χ3n) is 7.54. The number of hydrogen-bond donors (Lipinski definition) is 2. The zero-order chi connectivity index (χ0) is 24.9. The van der Waals surface area contributed by atoms with Crippen LogP contribution in [0.25, 0.3) is 27.7 Å². The van der Waals surface area contributed by atoms with Gasteiger partial charge in [-0.2, -0.15) is 5.10 Å². The zero-order valence-electron chi connectivity index (χ0n) is 20.8. The van der Waals surface area contributed by atoms with Gasteiger partial charge in [-0.15, -0.1) is 5.10 Å². The fourth-order valence-electron chi connectivity index (χ4n) is 5.63. The van der Waals surface area contributed by atoms with E-state index in [4.69, 9.17) is 14.5 Å².